The molecule has 124 valence electrons. The smallest absolute Gasteiger partial charge is 0.240 e. The van der Waals surface area contributed by atoms with Crippen LogP contribution >= 0.6 is 11.8 Å². The van der Waals surface area contributed by atoms with Crippen LogP contribution in [0.4, 0.5) is 5.69 Å². The molecule has 1 saturated carbocycles. The summed E-state index contributed by atoms with van der Waals surface area (Å²) in [6.07, 6.45) is 3.44. The normalized spacial score (nSPS) is 27.5. The van der Waals surface area contributed by atoms with Crippen LogP contribution in [0.25, 0.3) is 0 Å². The van der Waals surface area contributed by atoms with Crippen LogP contribution in [0, 0.1) is 11.8 Å². The van der Waals surface area contributed by atoms with E-state index in [4.69, 9.17) is 0 Å². The van der Waals surface area contributed by atoms with Gasteiger partial charge >= 0.3 is 0 Å². The third-order valence-electron chi connectivity index (χ3n) is 5.16. The summed E-state index contributed by atoms with van der Waals surface area (Å²) in [4.78, 5) is 27.4. The van der Waals surface area contributed by atoms with Gasteiger partial charge in [0.25, 0.3) is 0 Å². The van der Waals surface area contributed by atoms with Crippen LogP contribution in [0.5, 0.6) is 0 Å². The number of fused-ring (bicyclic) bond motifs is 1. The maximum Gasteiger partial charge on any atom is 0.240 e. The van der Waals surface area contributed by atoms with Crippen molar-refractivity contribution >= 4 is 29.3 Å². The van der Waals surface area contributed by atoms with Crippen LogP contribution in [-0.4, -0.2) is 30.2 Å². The highest BCUT2D eigenvalue weighted by Gasteiger charge is 2.30. The first kappa shape index (κ1) is 16.4. The number of para-hydroxylation sites is 1. The molecule has 5 heteroatoms. The van der Waals surface area contributed by atoms with Gasteiger partial charge in [-0.15, -0.1) is 11.8 Å². The molecule has 0 aromatic heterocycles. The van der Waals surface area contributed by atoms with Gasteiger partial charge in [-0.2, -0.15) is 0 Å². The Labute approximate surface area is 142 Å². The summed E-state index contributed by atoms with van der Waals surface area (Å²) in [6.45, 7) is 4.59. The van der Waals surface area contributed by atoms with E-state index < -0.39 is 0 Å². The third kappa shape index (κ3) is 3.55. The van der Waals surface area contributed by atoms with Gasteiger partial charge < -0.3 is 10.2 Å². The van der Waals surface area contributed by atoms with Crippen molar-refractivity contribution in [3.8, 4) is 0 Å². The summed E-state index contributed by atoms with van der Waals surface area (Å²) in [7, 11) is 0. The highest BCUT2D eigenvalue weighted by atomic mass is 32.2. The molecule has 23 heavy (non-hydrogen) atoms. The number of benzene rings is 1. The lowest BCUT2D eigenvalue weighted by Gasteiger charge is -2.35. The van der Waals surface area contributed by atoms with E-state index in [9.17, 15) is 9.59 Å². The summed E-state index contributed by atoms with van der Waals surface area (Å²) in [5.74, 6) is 1.50. The molecule has 1 aliphatic heterocycles. The van der Waals surface area contributed by atoms with Crippen LogP contribution in [0.1, 0.15) is 33.1 Å². The Hall–Kier alpha value is -1.49. The number of anilines is 1. The molecule has 3 atom stereocenters. The van der Waals surface area contributed by atoms with Crippen LogP contribution in [0.2, 0.25) is 0 Å². The van der Waals surface area contributed by atoms with Crippen LogP contribution in [-0.2, 0) is 9.59 Å². The highest BCUT2D eigenvalue weighted by molar-refractivity contribution is 8.00. The number of hydrogen-bond acceptors (Lipinski definition) is 3. The molecule has 0 bridgehead atoms. The van der Waals surface area contributed by atoms with Crippen LogP contribution < -0.4 is 10.2 Å². The number of nitrogens with zero attached hydrogens (tertiary/aromatic N) is 1. The zero-order valence-corrected chi connectivity index (χ0v) is 14.6. The molecule has 2 aliphatic rings. The first-order chi connectivity index (χ1) is 11.1. The van der Waals surface area contributed by atoms with E-state index in [0.29, 0.717) is 17.6 Å². The fourth-order valence-corrected chi connectivity index (χ4v) is 4.44. The van der Waals surface area contributed by atoms with E-state index >= 15 is 0 Å². The monoisotopic (exact) mass is 332 g/mol. The lowest BCUT2D eigenvalue weighted by molar-refractivity contribution is -0.124. The molecule has 1 heterocycles. The molecular formula is C18H24N2O2S. The maximum atomic E-state index is 12.5. The van der Waals surface area contributed by atoms with Crippen molar-refractivity contribution in [2.45, 2.75) is 44.0 Å². The molecule has 0 radical (unpaired) electrons. The number of carbonyl (C=O) groups is 2. The second-order valence-corrected chi connectivity index (χ2v) is 7.69. The average molecular weight is 332 g/mol. The lowest BCUT2D eigenvalue weighted by atomic mass is 9.78. The Bertz CT molecular complexity index is 604. The predicted octanol–water partition coefficient (Wildman–Crippen LogP) is 3.07. The van der Waals surface area contributed by atoms with Gasteiger partial charge in [0.15, 0.2) is 0 Å². The van der Waals surface area contributed by atoms with E-state index in [1.807, 2.05) is 24.3 Å². The highest BCUT2D eigenvalue weighted by Crippen LogP contribution is 2.35. The zero-order valence-electron chi connectivity index (χ0n) is 13.7. The predicted molar refractivity (Wildman–Crippen MR) is 93.6 cm³/mol. The first-order valence-corrected chi connectivity index (χ1v) is 9.36. The number of nitrogens with one attached hydrogen (secondary N) is 1. The summed E-state index contributed by atoms with van der Waals surface area (Å²) < 4.78 is 0. The third-order valence-corrected chi connectivity index (χ3v) is 6.21. The zero-order chi connectivity index (χ0) is 16.4. The largest absolute Gasteiger partial charge is 0.352 e. The second kappa shape index (κ2) is 6.95. The van der Waals surface area contributed by atoms with Gasteiger partial charge in [0.1, 0.15) is 6.54 Å². The van der Waals surface area contributed by atoms with Crippen molar-refractivity contribution in [3.63, 3.8) is 0 Å². The minimum atomic E-state index is -0.0500. The second-order valence-electron chi connectivity index (χ2n) is 6.68. The standard InChI is InChI=1S/C18H24N2O2S/c1-12-6-5-7-14(13(12)2)19-17(21)10-20-15-8-3-4-9-16(15)23-11-18(20)22/h3-4,8-9,12-14H,5-7,10-11H2,1-2H3,(H,19,21). The number of thioether (sulfide) groups is 1. The molecule has 3 rings (SSSR count). The van der Waals surface area contributed by atoms with Crippen molar-refractivity contribution in [3.05, 3.63) is 24.3 Å². The first-order valence-electron chi connectivity index (χ1n) is 8.38. The fraction of sp³-hybridized carbons (Fsp3) is 0.556. The summed E-state index contributed by atoms with van der Waals surface area (Å²) in [6, 6.07) is 8.02. The number of hydrogen-bond donors (Lipinski definition) is 1. The SMILES string of the molecule is CC1CCCC(NC(=O)CN2C(=O)CSc3ccccc32)C1C. The van der Waals surface area contributed by atoms with Gasteiger partial charge in [-0.1, -0.05) is 38.8 Å². The molecule has 1 aliphatic carbocycles. The van der Waals surface area contributed by atoms with Gasteiger partial charge in [0.05, 0.1) is 11.4 Å². The minimum Gasteiger partial charge on any atom is -0.352 e. The molecule has 1 fully saturated rings. The Balaban J connectivity index is 1.67. The Morgan fingerprint density at radius 3 is 2.91 bits per heavy atom. The van der Waals surface area contributed by atoms with Gasteiger partial charge in [-0.05, 0) is 30.4 Å². The van der Waals surface area contributed by atoms with Gasteiger partial charge in [0, 0.05) is 10.9 Å². The Kier molecular flexibility index (Phi) is 4.95. The van der Waals surface area contributed by atoms with Crippen molar-refractivity contribution in [2.75, 3.05) is 17.2 Å². The molecule has 3 unspecified atom stereocenters. The summed E-state index contributed by atoms with van der Waals surface area (Å²) >= 11 is 1.54. The minimum absolute atomic E-state index is 0.00825. The maximum absolute atomic E-state index is 12.5. The van der Waals surface area contributed by atoms with Crippen LogP contribution in [0.3, 0.4) is 0 Å². The van der Waals surface area contributed by atoms with E-state index in [0.717, 1.165) is 17.0 Å². The molecule has 0 saturated heterocycles. The van der Waals surface area contributed by atoms with E-state index in [1.54, 1.807) is 16.7 Å². The van der Waals surface area contributed by atoms with Crippen molar-refractivity contribution in [1.82, 2.24) is 5.32 Å². The van der Waals surface area contributed by atoms with Gasteiger partial charge in [-0.25, -0.2) is 0 Å². The molecule has 1 aromatic carbocycles. The summed E-state index contributed by atoms with van der Waals surface area (Å²) in [5.41, 5.74) is 0.856. The van der Waals surface area contributed by atoms with E-state index in [1.165, 1.54) is 12.8 Å². The number of rotatable bonds is 3. The molecule has 1 N–H and O–H groups in total. The lowest BCUT2D eigenvalue weighted by Crippen LogP contribution is -2.49. The number of carbonyl (C=O) groups excluding carboxylic acids is 2. The molecule has 2 amide bonds. The Morgan fingerprint density at radius 2 is 2.09 bits per heavy atom. The van der Waals surface area contributed by atoms with Gasteiger partial charge in [-0.3, -0.25) is 9.59 Å². The molecule has 4 nitrogen and oxygen atoms in total. The van der Waals surface area contributed by atoms with Crippen LogP contribution in [0.15, 0.2) is 29.2 Å². The molecule has 0 spiro atoms. The molecule has 1 aromatic rings. The van der Waals surface area contributed by atoms with Gasteiger partial charge in [0.2, 0.25) is 11.8 Å². The topological polar surface area (TPSA) is 49.4 Å². The van der Waals surface area contributed by atoms with E-state index in [2.05, 4.69) is 19.2 Å². The van der Waals surface area contributed by atoms with E-state index in [-0.39, 0.29) is 24.4 Å². The van der Waals surface area contributed by atoms with Crippen molar-refractivity contribution in [2.24, 2.45) is 11.8 Å². The average Bonchev–Trinajstić information content (AvgIpc) is 2.54. The quantitative estimate of drug-likeness (QED) is 0.925. The fourth-order valence-electron chi connectivity index (χ4n) is 3.51. The van der Waals surface area contributed by atoms with Crippen molar-refractivity contribution < 1.29 is 9.59 Å². The summed E-state index contributed by atoms with van der Waals surface area (Å²) in [5, 5.41) is 3.16. The number of amides is 2. The van der Waals surface area contributed by atoms with Crippen molar-refractivity contribution in [1.29, 1.82) is 0 Å². The Morgan fingerprint density at radius 1 is 1.30 bits per heavy atom. The molecular weight excluding hydrogens is 308 g/mol.